The second-order valence-electron chi connectivity index (χ2n) is 3.47. The van der Waals surface area contributed by atoms with Gasteiger partial charge in [-0.15, -0.1) is 0 Å². The normalized spacial score (nSPS) is 10.2. The molecule has 82 valence electrons. The topological polar surface area (TPSA) is 17.0 Å². The summed E-state index contributed by atoms with van der Waals surface area (Å²) >= 11 is 0. The zero-order valence-corrected chi connectivity index (χ0v) is 9.90. The molecule has 2 aromatic carbocycles. The maximum Gasteiger partial charge on any atom is 0.335 e. The number of oxazole rings is 1. The van der Waals surface area contributed by atoms with Gasteiger partial charge in [0.2, 0.25) is 5.58 Å². The van der Waals surface area contributed by atoms with Crippen molar-refractivity contribution >= 4 is 21.9 Å². The van der Waals surface area contributed by atoms with Crippen LogP contribution in [-0.2, 0) is 7.05 Å². The maximum absolute atomic E-state index is 5.42. The zero-order chi connectivity index (χ0) is 11.5. The van der Waals surface area contributed by atoms with Crippen LogP contribution >= 0.6 is 0 Å². The van der Waals surface area contributed by atoms with Gasteiger partial charge in [0.1, 0.15) is 7.05 Å². The number of nitrogens with zero attached hydrogens (tertiary/aromatic N) is 1. The van der Waals surface area contributed by atoms with Gasteiger partial charge in [0.15, 0.2) is 0 Å². The van der Waals surface area contributed by atoms with E-state index in [1.54, 1.807) is 6.39 Å². The van der Waals surface area contributed by atoms with Gasteiger partial charge in [-0.2, -0.15) is 4.57 Å². The lowest BCUT2D eigenvalue weighted by atomic mass is 10.1. The molecule has 0 spiro atoms. The summed E-state index contributed by atoms with van der Waals surface area (Å²) in [4.78, 5) is 0. The van der Waals surface area contributed by atoms with E-state index in [1.807, 2.05) is 37.6 Å². The number of rotatable bonds is 0. The lowest BCUT2D eigenvalue weighted by molar-refractivity contribution is -0.649. The Hall–Kier alpha value is -1.83. The minimum absolute atomic E-state index is 0.936. The fraction of sp³-hybridized carbons (Fsp3) is 0.214. The third-order valence-corrected chi connectivity index (χ3v) is 2.55. The molecule has 2 nitrogen and oxygen atoms in total. The third-order valence-electron chi connectivity index (χ3n) is 2.55. The Morgan fingerprint density at radius 2 is 1.75 bits per heavy atom. The summed E-state index contributed by atoms with van der Waals surface area (Å²) in [6.07, 6.45) is 1.73. The maximum atomic E-state index is 5.42. The first kappa shape index (κ1) is 10.7. The molecule has 2 heteroatoms. The van der Waals surface area contributed by atoms with Gasteiger partial charge in [0.25, 0.3) is 5.52 Å². The van der Waals surface area contributed by atoms with E-state index in [0.29, 0.717) is 0 Å². The second-order valence-corrected chi connectivity index (χ2v) is 3.47. The lowest BCUT2D eigenvalue weighted by Crippen LogP contribution is -2.24. The predicted molar refractivity (Wildman–Crippen MR) is 66.2 cm³/mol. The van der Waals surface area contributed by atoms with Gasteiger partial charge < -0.3 is 4.42 Å². The number of benzene rings is 2. The number of hydrogen-bond acceptors (Lipinski definition) is 1. The van der Waals surface area contributed by atoms with Crippen LogP contribution in [0.4, 0.5) is 0 Å². The summed E-state index contributed by atoms with van der Waals surface area (Å²) < 4.78 is 7.43. The van der Waals surface area contributed by atoms with E-state index < -0.39 is 0 Å². The molecule has 3 aromatic rings. The molecule has 0 atom stereocenters. The Labute approximate surface area is 95.1 Å². The standard InChI is InChI=1S/C12H10NO.C2H6/c1-13-8-14-11-7-6-9-4-2-3-5-10(9)12(11)13;1-2/h2-8H,1H3;1-2H3/q+1;. The second kappa shape index (κ2) is 4.35. The molecule has 1 heterocycles. The summed E-state index contributed by atoms with van der Waals surface area (Å²) in [6.45, 7) is 4.00. The Morgan fingerprint density at radius 3 is 2.56 bits per heavy atom. The minimum atomic E-state index is 0.936. The molecule has 0 saturated carbocycles. The first-order valence-electron chi connectivity index (χ1n) is 5.61. The molecule has 0 radical (unpaired) electrons. The van der Waals surface area contributed by atoms with Gasteiger partial charge in [-0.3, -0.25) is 0 Å². The molecule has 0 saturated heterocycles. The van der Waals surface area contributed by atoms with Crippen LogP contribution in [0.3, 0.4) is 0 Å². The average molecular weight is 214 g/mol. The SMILES string of the molecule is CC.C[n+]1coc2ccc3ccccc3c21. The predicted octanol–water partition coefficient (Wildman–Crippen LogP) is 3.44. The highest BCUT2D eigenvalue weighted by atomic mass is 16.3. The molecular formula is C14H16NO+. The van der Waals surface area contributed by atoms with Crippen molar-refractivity contribution in [2.45, 2.75) is 13.8 Å². The number of aromatic nitrogens is 1. The van der Waals surface area contributed by atoms with Crippen LogP contribution < -0.4 is 4.57 Å². The molecular weight excluding hydrogens is 198 g/mol. The molecule has 0 N–H and O–H groups in total. The Bertz CT molecular complexity index is 610. The van der Waals surface area contributed by atoms with E-state index in [-0.39, 0.29) is 0 Å². The first-order valence-corrected chi connectivity index (χ1v) is 5.61. The molecule has 0 amide bonds. The molecule has 0 aliphatic heterocycles. The van der Waals surface area contributed by atoms with Crippen molar-refractivity contribution in [2.75, 3.05) is 0 Å². The Kier molecular flexibility index (Phi) is 2.91. The monoisotopic (exact) mass is 214 g/mol. The quantitative estimate of drug-likeness (QED) is 0.524. The van der Waals surface area contributed by atoms with E-state index in [2.05, 4.69) is 24.3 Å². The summed E-state index contributed by atoms with van der Waals surface area (Å²) in [5, 5.41) is 2.48. The molecule has 0 unspecified atom stereocenters. The first-order chi connectivity index (χ1) is 7.86. The van der Waals surface area contributed by atoms with E-state index in [1.165, 1.54) is 10.8 Å². The van der Waals surface area contributed by atoms with Crippen LogP contribution in [0.2, 0.25) is 0 Å². The highest BCUT2D eigenvalue weighted by Crippen LogP contribution is 2.22. The van der Waals surface area contributed by atoms with Crippen LogP contribution in [0, 0.1) is 0 Å². The molecule has 0 fully saturated rings. The van der Waals surface area contributed by atoms with Crippen molar-refractivity contribution in [1.82, 2.24) is 0 Å². The third kappa shape index (κ3) is 1.56. The molecule has 0 bridgehead atoms. The molecule has 16 heavy (non-hydrogen) atoms. The van der Waals surface area contributed by atoms with Crippen molar-refractivity contribution in [3.05, 3.63) is 42.8 Å². The Balaban J connectivity index is 0.000000457. The summed E-state index contributed by atoms with van der Waals surface area (Å²) in [5.74, 6) is 0. The summed E-state index contributed by atoms with van der Waals surface area (Å²) in [7, 11) is 2.00. The molecule has 0 aliphatic rings. The van der Waals surface area contributed by atoms with Crippen LogP contribution in [0.15, 0.2) is 47.2 Å². The number of hydrogen-bond donors (Lipinski definition) is 0. The highest BCUT2D eigenvalue weighted by molar-refractivity contribution is 6.01. The van der Waals surface area contributed by atoms with Gasteiger partial charge in [-0.05, 0) is 17.5 Å². The van der Waals surface area contributed by atoms with Gasteiger partial charge in [-0.25, -0.2) is 0 Å². The van der Waals surface area contributed by atoms with Gasteiger partial charge in [0, 0.05) is 0 Å². The Morgan fingerprint density at radius 1 is 1.00 bits per heavy atom. The van der Waals surface area contributed by atoms with Crippen molar-refractivity contribution in [3.63, 3.8) is 0 Å². The van der Waals surface area contributed by atoms with Gasteiger partial charge >= 0.3 is 6.39 Å². The largest absolute Gasteiger partial charge is 0.404 e. The number of aryl methyl sites for hydroxylation is 1. The zero-order valence-electron chi connectivity index (χ0n) is 9.90. The smallest absolute Gasteiger partial charge is 0.335 e. The van der Waals surface area contributed by atoms with Gasteiger partial charge in [0.05, 0.1) is 5.39 Å². The van der Waals surface area contributed by atoms with E-state index in [4.69, 9.17) is 4.42 Å². The fourth-order valence-electron chi connectivity index (χ4n) is 1.88. The summed E-state index contributed by atoms with van der Waals surface area (Å²) in [5.41, 5.74) is 2.09. The van der Waals surface area contributed by atoms with E-state index >= 15 is 0 Å². The molecule has 1 aromatic heterocycles. The van der Waals surface area contributed by atoms with E-state index in [0.717, 1.165) is 11.1 Å². The average Bonchev–Trinajstić information content (AvgIpc) is 2.74. The van der Waals surface area contributed by atoms with Crippen LogP contribution in [0.25, 0.3) is 21.9 Å². The fourth-order valence-corrected chi connectivity index (χ4v) is 1.88. The van der Waals surface area contributed by atoms with Crippen molar-refractivity contribution in [2.24, 2.45) is 7.05 Å². The van der Waals surface area contributed by atoms with E-state index in [9.17, 15) is 0 Å². The number of fused-ring (bicyclic) bond motifs is 3. The van der Waals surface area contributed by atoms with Crippen LogP contribution in [0.5, 0.6) is 0 Å². The summed E-state index contributed by atoms with van der Waals surface area (Å²) in [6, 6.07) is 12.4. The van der Waals surface area contributed by atoms with Crippen molar-refractivity contribution < 1.29 is 8.98 Å². The highest BCUT2D eigenvalue weighted by Gasteiger charge is 2.12. The van der Waals surface area contributed by atoms with Crippen LogP contribution in [-0.4, -0.2) is 0 Å². The lowest BCUT2D eigenvalue weighted by Gasteiger charge is -1.94. The van der Waals surface area contributed by atoms with Gasteiger partial charge in [-0.1, -0.05) is 38.1 Å². The molecule has 0 aliphatic carbocycles. The molecule has 3 rings (SSSR count). The van der Waals surface area contributed by atoms with Crippen molar-refractivity contribution in [1.29, 1.82) is 0 Å². The van der Waals surface area contributed by atoms with Crippen LogP contribution in [0.1, 0.15) is 13.8 Å². The van der Waals surface area contributed by atoms with Crippen molar-refractivity contribution in [3.8, 4) is 0 Å². The minimum Gasteiger partial charge on any atom is -0.404 e.